The van der Waals surface area contributed by atoms with Gasteiger partial charge in [0, 0.05) is 32.8 Å². The van der Waals surface area contributed by atoms with Crippen molar-refractivity contribution in [2.24, 2.45) is 0 Å². The molecule has 0 aliphatic carbocycles. The number of rotatable bonds is 6. The third-order valence-electron chi connectivity index (χ3n) is 10.1. The molecule has 0 aliphatic heterocycles. The predicted octanol–water partition coefficient (Wildman–Crippen LogP) is 13.5. The van der Waals surface area contributed by atoms with Gasteiger partial charge in [-0.25, -0.2) is 9.97 Å². The Kier molecular flexibility index (Phi) is 7.47. The van der Waals surface area contributed by atoms with Crippen molar-refractivity contribution in [2.75, 3.05) is 0 Å². The number of fused-ring (bicyclic) bond motifs is 5. The van der Waals surface area contributed by atoms with E-state index < -0.39 is 0 Å². The van der Waals surface area contributed by atoms with Gasteiger partial charge in [0.2, 0.25) is 0 Å². The van der Waals surface area contributed by atoms with E-state index in [0.29, 0.717) is 5.82 Å². The minimum Gasteiger partial charge on any atom is -0.455 e. The molecule has 0 bridgehead atoms. The van der Waals surface area contributed by atoms with Gasteiger partial charge in [-0.3, -0.25) is 0 Å². The van der Waals surface area contributed by atoms with Crippen LogP contribution < -0.4 is 0 Å². The zero-order valence-corrected chi connectivity index (χ0v) is 28.8. The zero-order chi connectivity index (χ0) is 35.1. The summed E-state index contributed by atoms with van der Waals surface area (Å²) in [5.41, 5.74) is 13.6. The van der Waals surface area contributed by atoms with Crippen LogP contribution in [0, 0.1) is 0 Å². The summed E-state index contributed by atoms with van der Waals surface area (Å²) in [5.74, 6) is 0.708. The highest BCUT2D eigenvalue weighted by Gasteiger charge is 2.17. The molecule has 3 heteroatoms. The normalized spacial score (nSPS) is 11.4. The zero-order valence-electron chi connectivity index (χ0n) is 28.8. The van der Waals surface area contributed by atoms with Crippen molar-refractivity contribution in [3.05, 3.63) is 194 Å². The minimum atomic E-state index is 0.708. The van der Waals surface area contributed by atoms with E-state index in [4.69, 9.17) is 14.4 Å². The number of nitrogens with zero attached hydrogens (tertiary/aromatic N) is 2. The van der Waals surface area contributed by atoms with Crippen molar-refractivity contribution < 1.29 is 4.42 Å². The Morgan fingerprint density at radius 1 is 0.302 bits per heavy atom. The van der Waals surface area contributed by atoms with Crippen LogP contribution in [0.2, 0.25) is 0 Å². The fraction of sp³-hybridized carbons (Fsp3) is 0. The monoisotopic (exact) mass is 676 g/mol. The SMILES string of the molecule is c1ccc(-c2ccc3oc4c5ccccc5c(-c5cccc(-c6cccc(-c7cc(-c8ccccc8)nc(-c8ccccc8)n7)c6)c5)cc4c3c2)cc1. The van der Waals surface area contributed by atoms with Crippen molar-refractivity contribution in [3.8, 4) is 67.3 Å². The van der Waals surface area contributed by atoms with E-state index in [-0.39, 0.29) is 0 Å². The largest absolute Gasteiger partial charge is 0.455 e. The van der Waals surface area contributed by atoms with Crippen molar-refractivity contribution >= 4 is 32.7 Å². The van der Waals surface area contributed by atoms with Crippen LogP contribution >= 0.6 is 0 Å². The summed E-state index contributed by atoms with van der Waals surface area (Å²) in [7, 11) is 0. The smallest absolute Gasteiger partial charge is 0.160 e. The number of furan rings is 1. The van der Waals surface area contributed by atoms with E-state index in [1.54, 1.807) is 0 Å². The van der Waals surface area contributed by atoms with E-state index in [1.807, 2.05) is 36.4 Å². The quantitative estimate of drug-likeness (QED) is 0.176. The van der Waals surface area contributed by atoms with Crippen LogP contribution in [0.1, 0.15) is 0 Å². The molecule has 0 N–H and O–H groups in total. The summed E-state index contributed by atoms with van der Waals surface area (Å²) >= 11 is 0. The molecule has 8 aromatic carbocycles. The average molecular weight is 677 g/mol. The summed E-state index contributed by atoms with van der Waals surface area (Å²) < 4.78 is 6.56. The summed E-state index contributed by atoms with van der Waals surface area (Å²) in [6.45, 7) is 0. The third kappa shape index (κ3) is 5.65. The number of benzene rings is 8. The van der Waals surface area contributed by atoms with Crippen molar-refractivity contribution in [3.63, 3.8) is 0 Å². The second-order valence-corrected chi connectivity index (χ2v) is 13.4. The predicted molar refractivity (Wildman–Crippen MR) is 219 cm³/mol. The Hall–Kier alpha value is -7.10. The van der Waals surface area contributed by atoms with Gasteiger partial charge >= 0.3 is 0 Å². The van der Waals surface area contributed by atoms with Gasteiger partial charge in [0.05, 0.1) is 11.4 Å². The van der Waals surface area contributed by atoms with Crippen LogP contribution in [0.25, 0.3) is 100.0 Å². The average Bonchev–Trinajstić information content (AvgIpc) is 3.62. The molecule has 0 amide bonds. The first-order valence-corrected chi connectivity index (χ1v) is 17.9. The third-order valence-corrected chi connectivity index (χ3v) is 10.1. The maximum Gasteiger partial charge on any atom is 0.160 e. The van der Waals surface area contributed by atoms with E-state index in [1.165, 1.54) is 16.7 Å². The highest BCUT2D eigenvalue weighted by atomic mass is 16.3. The van der Waals surface area contributed by atoms with Crippen molar-refractivity contribution in [1.29, 1.82) is 0 Å². The Morgan fingerprint density at radius 2 is 0.830 bits per heavy atom. The van der Waals surface area contributed by atoms with Crippen LogP contribution in [0.3, 0.4) is 0 Å². The topological polar surface area (TPSA) is 38.9 Å². The summed E-state index contributed by atoms with van der Waals surface area (Å²) in [4.78, 5) is 10.1. The lowest BCUT2D eigenvalue weighted by molar-refractivity contribution is 0.673. The first-order valence-electron chi connectivity index (χ1n) is 17.9. The molecule has 53 heavy (non-hydrogen) atoms. The molecule has 0 atom stereocenters. The molecule has 3 nitrogen and oxygen atoms in total. The van der Waals surface area contributed by atoms with Gasteiger partial charge in [0.25, 0.3) is 0 Å². The molecule has 0 aliphatic rings. The molecule has 10 rings (SSSR count). The summed E-state index contributed by atoms with van der Waals surface area (Å²) in [6, 6.07) is 68.0. The molecule has 0 saturated carbocycles. The molecule has 0 radical (unpaired) electrons. The van der Waals surface area contributed by atoms with Crippen LogP contribution in [0.4, 0.5) is 0 Å². The van der Waals surface area contributed by atoms with E-state index in [9.17, 15) is 0 Å². The Balaban J connectivity index is 1.09. The van der Waals surface area contributed by atoms with E-state index in [0.717, 1.165) is 77.5 Å². The molecule has 0 unspecified atom stereocenters. The van der Waals surface area contributed by atoms with Gasteiger partial charge in [-0.05, 0) is 75.2 Å². The second kappa shape index (κ2) is 12.9. The van der Waals surface area contributed by atoms with Crippen LogP contribution in [0.5, 0.6) is 0 Å². The molecule has 10 aromatic rings. The van der Waals surface area contributed by atoms with Crippen LogP contribution in [0.15, 0.2) is 199 Å². The standard InChI is InChI=1S/C50H32N2O/c1-4-14-33(15-5-1)38-26-27-48-44(30-38)45-31-43(41-24-10-11-25-42(41)49(45)53-48)39-22-12-20-36(28-39)37-21-13-23-40(29-37)47-32-46(34-16-6-2-7-17-34)51-50(52-47)35-18-8-3-9-19-35/h1-32H. The maximum atomic E-state index is 6.56. The maximum absolute atomic E-state index is 6.56. The second-order valence-electron chi connectivity index (χ2n) is 13.4. The number of aromatic nitrogens is 2. The molecule has 0 spiro atoms. The van der Waals surface area contributed by atoms with E-state index in [2.05, 4.69) is 158 Å². The molecular formula is C50H32N2O. The lowest BCUT2D eigenvalue weighted by atomic mass is 9.92. The summed E-state index contributed by atoms with van der Waals surface area (Å²) in [6.07, 6.45) is 0. The molecular weight excluding hydrogens is 645 g/mol. The lowest BCUT2D eigenvalue weighted by Crippen LogP contribution is -1.96. The Labute approximate surface area is 307 Å². The first-order chi connectivity index (χ1) is 26.2. The molecule has 0 fully saturated rings. The number of hydrogen-bond acceptors (Lipinski definition) is 3. The lowest BCUT2D eigenvalue weighted by Gasteiger charge is -2.12. The summed E-state index contributed by atoms with van der Waals surface area (Å²) in [5, 5.41) is 4.51. The minimum absolute atomic E-state index is 0.708. The molecule has 2 heterocycles. The molecule has 2 aromatic heterocycles. The Bertz CT molecular complexity index is 2870. The molecule has 0 saturated heterocycles. The Morgan fingerprint density at radius 3 is 1.55 bits per heavy atom. The highest BCUT2D eigenvalue weighted by molar-refractivity contribution is 6.19. The van der Waals surface area contributed by atoms with Gasteiger partial charge in [-0.1, -0.05) is 158 Å². The van der Waals surface area contributed by atoms with Crippen LogP contribution in [-0.4, -0.2) is 9.97 Å². The van der Waals surface area contributed by atoms with Gasteiger partial charge in [0.1, 0.15) is 11.2 Å². The molecule has 248 valence electrons. The van der Waals surface area contributed by atoms with Gasteiger partial charge in [-0.2, -0.15) is 0 Å². The fourth-order valence-electron chi connectivity index (χ4n) is 7.44. The van der Waals surface area contributed by atoms with Crippen molar-refractivity contribution in [1.82, 2.24) is 9.97 Å². The van der Waals surface area contributed by atoms with Gasteiger partial charge < -0.3 is 4.42 Å². The van der Waals surface area contributed by atoms with Gasteiger partial charge in [0.15, 0.2) is 5.82 Å². The van der Waals surface area contributed by atoms with Crippen LogP contribution in [-0.2, 0) is 0 Å². The fourth-order valence-corrected chi connectivity index (χ4v) is 7.44. The van der Waals surface area contributed by atoms with E-state index >= 15 is 0 Å². The number of hydrogen-bond donors (Lipinski definition) is 0. The highest BCUT2D eigenvalue weighted by Crippen LogP contribution is 2.42. The van der Waals surface area contributed by atoms with Gasteiger partial charge in [-0.15, -0.1) is 0 Å². The first kappa shape index (κ1) is 30.7. The van der Waals surface area contributed by atoms with Crippen molar-refractivity contribution in [2.45, 2.75) is 0 Å².